The molecule has 0 saturated carbocycles. The van der Waals surface area contributed by atoms with Gasteiger partial charge in [0.1, 0.15) is 11.2 Å². The number of aromatic nitrogens is 2. The van der Waals surface area contributed by atoms with Crippen molar-refractivity contribution in [3.05, 3.63) is 231 Å². The summed E-state index contributed by atoms with van der Waals surface area (Å²) in [6.45, 7) is 0. The lowest BCUT2D eigenvalue weighted by atomic mass is 9.89. The van der Waals surface area contributed by atoms with Crippen LogP contribution in [-0.2, 0) is 0 Å². The van der Waals surface area contributed by atoms with Crippen LogP contribution in [0, 0.1) is 0 Å². The van der Waals surface area contributed by atoms with Gasteiger partial charge in [0.2, 0.25) is 0 Å². The summed E-state index contributed by atoms with van der Waals surface area (Å²) in [4.78, 5) is 10.3. The Labute approximate surface area is 375 Å². The zero-order chi connectivity index (χ0) is 42.8. The van der Waals surface area contributed by atoms with Gasteiger partial charge >= 0.3 is 0 Å². The monoisotopic (exact) mass is 826 g/mol. The molecule has 2 aromatic heterocycles. The Bertz CT molecular complexity index is 3980. The minimum atomic E-state index is 0.671. The number of rotatable bonds is 6. The molecular weight excluding hydrogens is 789 g/mol. The van der Waals surface area contributed by atoms with Crippen molar-refractivity contribution < 1.29 is 4.42 Å². The quantitative estimate of drug-likeness (QED) is 0.124. The number of para-hydroxylation sites is 2. The third kappa shape index (κ3) is 6.28. The van der Waals surface area contributed by atoms with Gasteiger partial charge in [0, 0.05) is 27.5 Å². The molecule has 302 valence electrons. The Balaban J connectivity index is 0.867. The second-order valence-electron chi connectivity index (χ2n) is 16.9. The average molecular weight is 827 g/mol. The first-order chi connectivity index (χ1) is 32.2. The van der Waals surface area contributed by atoms with Gasteiger partial charge in [-0.3, -0.25) is 0 Å². The van der Waals surface area contributed by atoms with E-state index in [4.69, 9.17) is 14.4 Å². The highest BCUT2D eigenvalue weighted by molar-refractivity contribution is 6.17. The normalized spacial score (nSPS) is 11.7. The Morgan fingerprint density at radius 2 is 0.785 bits per heavy atom. The Hall–Kier alpha value is -8.66. The van der Waals surface area contributed by atoms with E-state index >= 15 is 0 Å². The first kappa shape index (κ1) is 36.9. The van der Waals surface area contributed by atoms with Crippen molar-refractivity contribution in [2.45, 2.75) is 0 Å². The molecule has 11 aromatic carbocycles. The predicted octanol–water partition coefficient (Wildman–Crippen LogP) is 17.0. The van der Waals surface area contributed by atoms with Crippen LogP contribution < -0.4 is 0 Å². The van der Waals surface area contributed by atoms with E-state index in [1.54, 1.807) is 0 Å². The number of hydrogen-bond donors (Lipinski definition) is 0. The molecule has 0 spiro atoms. The van der Waals surface area contributed by atoms with Crippen LogP contribution in [-0.4, -0.2) is 9.97 Å². The minimum absolute atomic E-state index is 0.671. The van der Waals surface area contributed by atoms with Crippen molar-refractivity contribution in [3.63, 3.8) is 0 Å². The minimum Gasteiger partial charge on any atom is -0.455 e. The smallest absolute Gasteiger partial charge is 0.160 e. The van der Waals surface area contributed by atoms with Crippen LogP contribution in [0.2, 0.25) is 0 Å². The van der Waals surface area contributed by atoms with Crippen molar-refractivity contribution in [1.82, 2.24) is 9.97 Å². The molecule has 0 aliphatic rings. The zero-order valence-electron chi connectivity index (χ0n) is 35.2. The van der Waals surface area contributed by atoms with Gasteiger partial charge in [-0.2, -0.15) is 0 Å². The van der Waals surface area contributed by atoms with Gasteiger partial charge in [-0.25, -0.2) is 9.97 Å². The SMILES string of the molecule is c1ccc(-c2nc(-c3ccc(-c4ccc(-c5ccc(-c6cc7ccccc7c7cc8ccccc8cc67)cc5)c5ccccc45)cc3)cc(-c3cccc4c3oc3ccccc34)n2)cc1. The predicted molar refractivity (Wildman–Crippen MR) is 272 cm³/mol. The van der Waals surface area contributed by atoms with Crippen LogP contribution in [0.1, 0.15) is 0 Å². The second-order valence-corrected chi connectivity index (χ2v) is 16.9. The Morgan fingerprint density at radius 3 is 1.48 bits per heavy atom. The van der Waals surface area contributed by atoms with E-state index in [1.807, 2.05) is 30.3 Å². The van der Waals surface area contributed by atoms with E-state index < -0.39 is 0 Å². The van der Waals surface area contributed by atoms with Crippen molar-refractivity contribution in [1.29, 1.82) is 0 Å². The van der Waals surface area contributed by atoms with E-state index in [1.165, 1.54) is 70.9 Å². The van der Waals surface area contributed by atoms with E-state index in [2.05, 4.69) is 200 Å². The summed E-state index contributed by atoms with van der Waals surface area (Å²) < 4.78 is 6.47. The molecule has 0 fully saturated rings. The number of hydrogen-bond acceptors (Lipinski definition) is 3. The first-order valence-corrected chi connectivity index (χ1v) is 22.1. The molecule has 3 nitrogen and oxygen atoms in total. The number of benzene rings is 11. The van der Waals surface area contributed by atoms with Crippen molar-refractivity contribution >= 4 is 65.0 Å². The maximum Gasteiger partial charge on any atom is 0.160 e. The number of furan rings is 1. The Kier molecular flexibility index (Phi) is 8.53. The molecule has 0 saturated heterocycles. The fourth-order valence-electron chi connectivity index (χ4n) is 9.88. The highest BCUT2D eigenvalue weighted by Crippen LogP contribution is 2.41. The number of nitrogens with zero attached hydrogens (tertiary/aromatic N) is 2. The highest BCUT2D eigenvalue weighted by atomic mass is 16.3. The average Bonchev–Trinajstić information content (AvgIpc) is 3.77. The van der Waals surface area contributed by atoms with Crippen molar-refractivity contribution in [2.75, 3.05) is 0 Å². The molecule has 0 radical (unpaired) electrons. The van der Waals surface area contributed by atoms with E-state index in [9.17, 15) is 0 Å². The molecule has 13 rings (SSSR count). The second kappa shape index (κ2) is 15.0. The fourth-order valence-corrected chi connectivity index (χ4v) is 9.88. The standard InChI is InChI=1S/C62H38N2O/c1-2-13-43(14-3-1)62-63-58(38-59(64-62)54-23-12-22-53-52-21-10-11-24-60(52)65-61(53)54)42-31-29-40(30-32-42)49-34-33-48(50-19-8-9-20-51(49)50)39-25-27-41(28-26-39)55-37-46-17-6-7-18-47(46)56-35-44-15-4-5-16-45(44)36-57(55)56/h1-38H. The van der Waals surface area contributed by atoms with Gasteiger partial charge in [0.25, 0.3) is 0 Å². The lowest BCUT2D eigenvalue weighted by Crippen LogP contribution is -1.96. The molecule has 0 N–H and O–H groups in total. The maximum absolute atomic E-state index is 6.47. The molecule has 0 aliphatic heterocycles. The van der Waals surface area contributed by atoms with Crippen LogP contribution in [0.25, 0.3) is 132 Å². The Morgan fingerprint density at radius 1 is 0.262 bits per heavy atom. The van der Waals surface area contributed by atoms with Crippen molar-refractivity contribution in [3.8, 4) is 67.3 Å². The molecule has 13 aromatic rings. The van der Waals surface area contributed by atoms with Gasteiger partial charge in [-0.1, -0.05) is 194 Å². The largest absolute Gasteiger partial charge is 0.455 e. The highest BCUT2D eigenvalue weighted by Gasteiger charge is 2.18. The number of fused-ring (bicyclic) bond motifs is 8. The molecule has 0 aliphatic carbocycles. The third-order valence-corrected chi connectivity index (χ3v) is 13.1. The third-order valence-electron chi connectivity index (χ3n) is 13.1. The summed E-state index contributed by atoms with van der Waals surface area (Å²) in [5.41, 5.74) is 13.5. The summed E-state index contributed by atoms with van der Waals surface area (Å²) in [5.74, 6) is 0.671. The van der Waals surface area contributed by atoms with Gasteiger partial charge in [-0.15, -0.1) is 0 Å². The maximum atomic E-state index is 6.47. The molecule has 0 bridgehead atoms. The molecule has 2 heterocycles. The lowest BCUT2D eigenvalue weighted by molar-refractivity contribution is 0.670. The molecule has 65 heavy (non-hydrogen) atoms. The van der Waals surface area contributed by atoms with Crippen LogP contribution in [0.15, 0.2) is 235 Å². The first-order valence-electron chi connectivity index (χ1n) is 22.1. The molecule has 0 amide bonds. The van der Waals surface area contributed by atoms with Gasteiger partial charge in [0.05, 0.1) is 11.4 Å². The van der Waals surface area contributed by atoms with Crippen LogP contribution in [0.3, 0.4) is 0 Å². The van der Waals surface area contributed by atoms with Crippen LogP contribution in [0.5, 0.6) is 0 Å². The molecule has 0 atom stereocenters. The molecule has 0 unspecified atom stereocenters. The summed E-state index contributed by atoms with van der Waals surface area (Å²) in [6, 6.07) is 82.4. The zero-order valence-corrected chi connectivity index (χ0v) is 35.2. The topological polar surface area (TPSA) is 38.9 Å². The summed E-state index contributed by atoms with van der Waals surface area (Å²) in [6.07, 6.45) is 0. The van der Waals surface area contributed by atoms with Gasteiger partial charge in [-0.05, 0) is 113 Å². The summed E-state index contributed by atoms with van der Waals surface area (Å²) in [5, 5.41) is 12.2. The van der Waals surface area contributed by atoms with Crippen LogP contribution >= 0.6 is 0 Å². The van der Waals surface area contributed by atoms with Crippen LogP contribution in [0.4, 0.5) is 0 Å². The van der Waals surface area contributed by atoms with E-state index in [-0.39, 0.29) is 0 Å². The summed E-state index contributed by atoms with van der Waals surface area (Å²) >= 11 is 0. The fraction of sp³-hybridized carbons (Fsp3) is 0. The molecular formula is C62H38N2O. The van der Waals surface area contributed by atoms with Crippen molar-refractivity contribution in [2.24, 2.45) is 0 Å². The van der Waals surface area contributed by atoms with Gasteiger partial charge < -0.3 is 4.42 Å². The summed E-state index contributed by atoms with van der Waals surface area (Å²) in [7, 11) is 0. The van der Waals surface area contributed by atoms with E-state index in [0.717, 1.165) is 55.6 Å². The van der Waals surface area contributed by atoms with E-state index in [0.29, 0.717) is 5.82 Å². The lowest BCUT2D eigenvalue weighted by Gasteiger charge is -2.15. The molecule has 3 heteroatoms. The van der Waals surface area contributed by atoms with Gasteiger partial charge in [0.15, 0.2) is 5.82 Å².